The highest BCUT2D eigenvalue weighted by molar-refractivity contribution is 5.87. The maximum Gasteiger partial charge on any atom is 0.407 e. The summed E-state index contributed by atoms with van der Waals surface area (Å²) < 4.78 is 21.1. The molecule has 0 radical (unpaired) electrons. The van der Waals surface area contributed by atoms with Crippen molar-refractivity contribution in [2.45, 2.75) is 90.4 Å². The van der Waals surface area contributed by atoms with Crippen molar-refractivity contribution in [2.75, 3.05) is 53.7 Å². The molecule has 64 heavy (non-hydrogen) atoms. The lowest BCUT2D eigenvalue weighted by Gasteiger charge is -2.34. The third-order valence-electron chi connectivity index (χ3n) is 14.0. The molecule has 4 aromatic rings. The van der Waals surface area contributed by atoms with Crippen LogP contribution in [0.3, 0.4) is 0 Å². The summed E-state index contributed by atoms with van der Waals surface area (Å²) >= 11 is 0. The van der Waals surface area contributed by atoms with Crippen LogP contribution in [-0.2, 0) is 28.5 Å². The van der Waals surface area contributed by atoms with E-state index in [0.717, 1.165) is 83.8 Å². The van der Waals surface area contributed by atoms with Crippen molar-refractivity contribution in [1.82, 2.24) is 40.4 Å². The first-order valence-electron chi connectivity index (χ1n) is 22.6. The third kappa shape index (κ3) is 9.25. The molecule has 2 aromatic carbocycles. The molecule has 2 spiro atoms. The van der Waals surface area contributed by atoms with Crippen LogP contribution in [0, 0.1) is 22.7 Å². The van der Waals surface area contributed by atoms with E-state index in [1.54, 1.807) is 0 Å². The van der Waals surface area contributed by atoms with Crippen molar-refractivity contribution in [3.8, 4) is 33.6 Å². The SMILES string of the molecule is COC(=O)NC(C(=O)N1CC2(CCOCC2)CC1c1ncc(-c2ccc(-c3ccc(-c4c[nH]c([C@@H]5CC6(CCOCC6)CN5C(=O)[C@@H](NC(=O)OC)C(C)C)n4)cc3)cc2)[nH]1)C(C)C. The maximum absolute atomic E-state index is 14.2. The Morgan fingerprint density at radius 1 is 0.672 bits per heavy atom. The first kappa shape index (κ1) is 44.9. The number of rotatable bonds is 11. The molecule has 342 valence electrons. The van der Waals surface area contributed by atoms with E-state index < -0.39 is 24.3 Å². The number of likely N-dealkylation sites (tertiary alicyclic amines) is 2. The zero-order valence-corrected chi connectivity index (χ0v) is 37.8. The van der Waals surface area contributed by atoms with E-state index in [2.05, 4.69) is 69.1 Å². The lowest BCUT2D eigenvalue weighted by atomic mass is 9.78. The van der Waals surface area contributed by atoms with Crippen LogP contribution in [0.1, 0.15) is 90.0 Å². The maximum atomic E-state index is 14.2. The molecule has 4 aliphatic heterocycles. The van der Waals surface area contributed by atoms with Gasteiger partial charge in [0.05, 0.1) is 43.9 Å². The summed E-state index contributed by atoms with van der Waals surface area (Å²) in [6.45, 7) is 11.4. The van der Waals surface area contributed by atoms with E-state index in [9.17, 15) is 19.2 Å². The lowest BCUT2D eigenvalue weighted by molar-refractivity contribution is -0.136. The Bertz CT molecular complexity index is 2120. The normalized spacial score (nSPS) is 21.3. The Hall–Kier alpha value is -5.74. The summed E-state index contributed by atoms with van der Waals surface area (Å²) in [5.41, 5.74) is 5.48. The largest absolute Gasteiger partial charge is 0.453 e. The molecule has 2 unspecified atom stereocenters. The van der Waals surface area contributed by atoms with Gasteiger partial charge in [0.1, 0.15) is 23.7 Å². The van der Waals surface area contributed by atoms with Gasteiger partial charge in [-0.2, -0.15) is 0 Å². The van der Waals surface area contributed by atoms with Gasteiger partial charge in [0.15, 0.2) is 0 Å². The lowest BCUT2D eigenvalue weighted by Crippen LogP contribution is -2.51. The van der Waals surface area contributed by atoms with E-state index in [4.69, 9.17) is 28.9 Å². The smallest absolute Gasteiger partial charge is 0.407 e. The number of nitrogens with zero attached hydrogens (tertiary/aromatic N) is 4. The fourth-order valence-electron chi connectivity index (χ4n) is 10.1. The number of H-pyrrole nitrogens is 2. The Morgan fingerprint density at radius 2 is 1.11 bits per heavy atom. The number of aromatic amines is 2. The number of nitrogens with one attached hydrogen (secondary N) is 4. The fourth-order valence-corrected chi connectivity index (χ4v) is 10.1. The average molecular weight is 879 g/mol. The quantitative estimate of drug-likeness (QED) is 0.122. The Morgan fingerprint density at radius 3 is 1.56 bits per heavy atom. The number of imidazole rings is 2. The highest BCUT2D eigenvalue weighted by Crippen LogP contribution is 2.50. The number of amides is 4. The molecule has 4 saturated heterocycles. The molecule has 4 fully saturated rings. The molecule has 4 aliphatic rings. The minimum absolute atomic E-state index is 0.0795. The zero-order chi connectivity index (χ0) is 45.2. The van der Waals surface area contributed by atoms with Crippen molar-refractivity contribution >= 4 is 24.0 Å². The molecule has 6 heterocycles. The van der Waals surface area contributed by atoms with Crippen LogP contribution in [-0.4, -0.2) is 120 Å². The Labute approximate surface area is 374 Å². The Kier molecular flexibility index (Phi) is 13.2. The van der Waals surface area contributed by atoms with Gasteiger partial charge in [-0.25, -0.2) is 19.6 Å². The standard InChI is InChI=1S/C48H62N8O8/c1-29(2)39(53-45(59)61-5)43(57)55-27-47(15-19-63-20-16-47)23-37(55)41-49-25-35(51-41)33-11-7-31(8-12-33)32-9-13-34(14-10-32)36-26-50-42(52-36)38-24-48(17-21-64-22-18-48)28-56(38)44(58)40(30(3)4)54-46(60)62-6/h7-14,25-26,29-30,37-40H,15-24,27-28H2,1-6H3,(H,49,51)(H,50,52)(H,53,59)(H,54,60)/t37-,38?,39-,40?/m0/s1. The number of ether oxygens (including phenoxy) is 4. The molecule has 2 aromatic heterocycles. The highest BCUT2D eigenvalue weighted by Gasteiger charge is 2.51. The van der Waals surface area contributed by atoms with Gasteiger partial charge in [-0.05, 0) is 77.9 Å². The number of aromatic nitrogens is 4. The average Bonchev–Trinajstić information content (AvgIpc) is 4.13. The second-order valence-corrected chi connectivity index (χ2v) is 18.8. The van der Waals surface area contributed by atoms with E-state index in [0.29, 0.717) is 39.5 Å². The van der Waals surface area contributed by atoms with Gasteiger partial charge in [-0.15, -0.1) is 0 Å². The van der Waals surface area contributed by atoms with E-state index >= 15 is 0 Å². The van der Waals surface area contributed by atoms with E-state index in [1.807, 2.05) is 49.9 Å². The molecular formula is C48H62N8O8. The Balaban J connectivity index is 0.971. The van der Waals surface area contributed by atoms with E-state index in [1.165, 1.54) is 14.2 Å². The van der Waals surface area contributed by atoms with Crippen LogP contribution in [0.15, 0.2) is 60.9 Å². The first-order chi connectivity index (χ1) is 30.8. The van der Waals surface area contributed by atoms with Crippen molar-refractivity contribution in [1.29, 1.82) is 0 Å². The molecule has 16 heteroatoms. The summed E-state index contributed by atoms with van der Waals surface area (Å²) in [5, 5.41) is 5.53. The summed E-state index contributed by atoms with van der Waals surface area (Å²) in [7, 11) is 2.60. The van der Waals surface area contributed by atoms with Crippen LogP contribution < -0.4 is 10.6 Å². The number of methoxy groups -OCH3 is 2. The van der Waals surface area contributed by atoms with Crippen molar-refractivity contribution in [3.63, 3.8) is 0 Å². The van der Waals surface area contributed by atoms with Gasteiger partial charge in [-0.3, -0.25) is 9.59 Å². The van der Waals surface area contributed by atoms with Gasteiger partial charge in [0.25, 0.3) is 0 Å². The molecule has 0 saturated carbocycles. The monoisotopic (exact) mass is 878 g/mol. The third-order valence-corrected chi connectivity index (χ3v) is 14.0. The number of carbonyl (C=O) groups excluding carboxylic acids is 4. The predicted octanol–water partition coefficient (Wildman–Crippen LogP) is 7.04. The molecule has 0 bridgehead atoms. The summed E-state index contributed by atoms with van der Waals surface area (Å²) in [6, 6.07) is 14.6. The van der Waals surface area contributed by atoms with Crippen LogP contribution >= 0.6 is 0 Å². The molecule has 4 amide bonds. The van der Waals surface area contributed by atoms with Crippen molar-refractivity contribution in [2.24, 2.45) is 22.7 Å². The summed E-state index contributed by atoms with van der Waals surface area (Å²) in [6.07, 6.45) is 7.43. The van der Waals surface area contributed by atoms with Gasteiger partial charge in [-0.1, -0.05) is 76.2 Å². The minimum atomic E-state index is -0.732. The molecule has 4 atom stereocenters. The summed E-state index contributed by atoms with van der Waals surface area (Å²) in [5.74, 6) is 0.880. The van der Waals surface area contributed by atoms with Crippen LogP contribution in [0.2, 0.25) is 0 Å². The molecule has 8 rings (SSSR count). The summed E-state index contributed by atoms with van der Waals surface area (Å²) in [4.78, 5) is 73.4. The minimum Gasteiger partial charge on any atom is -0.453 e. The number of hydrogen-bond donors (Lipinski definition) is 4. The zero-order valence-electron chi connectivity index (χ0n) is 37.8. The second kappa shape index (κ2) is 18.8. The second-order valence-electron chi connectivity index (χ2n) is 18.8. The number of alkyl carbamates (subject to hydrolysis) is 2. The van der Waals surface area contributed by atoms with E-state index in [-0.39, 0.29) is 46.6 Å². The van der Waals surface area contributed by atoms with Crippen LogP contribution in [0.5, 0.6) is 0 Å². The van der Waals surface area contributed by atoms with Crippen LogP contribution in [0.4, 0.5) is 9.59 Å². The van der Waals surface area contributed by atoms with Gasteiger partial charge >= 0.3 is 12.2 Å². The topological polar surface area (TPSA) is 193 Å². The van der Waals surface area contributed by atoms with Crippen molar-refractivity contribution in [3.05, 3.63) is 72.6 Å². The molecule has 4 N–H and O–H groups in total. The van der Waals surface area contributed by atoms with Crippen LogP contribution in [0.25, 0.3) is 33.6 Å². The van der Waals surface area contributed by atoms with Crippen molar-refractivity contribution < 1.29 is 38.1 Å². The molecule has 16 nitrogen and oxygen atoms in total. The number of benzene rings is 2. The van der Waals surface area contributed by atoms with Gasteiger partial charge in [0.2, 0.25) is 11.8 Å². The highest BCUT2D eigenvalue weighted by atomic mass is 16.5. The molecular weight excluding hydrogens is 817 g/mol. The predicted molar refractivity (Wildman–Crippen MR) is 238 cm³/mol. The first-order valence-corrected chi connectivity index (χ1v) is 22.6. The van der Waals surface area contributed by atoms with Gasteiger partial charge < -0.3 is 49.3 Å². The number of carbonyl (C=O) groups is 4. The van der Waals surface area contributed by atoms with Gasteiger partial charge in [0, 0.05) is 51.3 Å². The fraction of sp³-hybridized carbons (Fsp3) is 0.542. The number of hydrogen-bond acceptors (Lipinski definition) is 10. The molecule has 0 aliphatic carbocycles.